The highest BCUT2D eigenvalue weighted by Crippen LogP contribution is 2.32. The Morgan fingerprint density at radius 1 is 1.29 bits per heavy atom. The predicted molar refractivity (Wildman–Crippen MR) is 51.2 cm³/mol. The molecule has 0 unspecified atom stereocenters. The molecule has 2 rings (SSSR count). The van der Waals surface area contributed by atoms with Crippen LogP contribution in [-0.2, 0) is 0 Å². The van der Waals surface area contributed by atoms with E-state index in [1.807, 2.05) is 0 Å². The standard InChI is InChI=1S/C11H13FO2/c1-13-11-7-8(12)5-6-10(11)14-9-3-2-4-9/h5-7,9H,2-4H2,1H3. The highest BCUT2D eigenvalue weighted by Gasteiger charge is 2.20. The van der Waals surface area contributed by atoms with Crippen LogP contribution in [0.5, 0.6) is 11.5 Å². The van der Waals surface area contributed by atoms with E-state index in [-0.39, 0.29) is 11.9 Å². The van der Waals surface area contributed by atoms with E-state index < -0.39 is 0 Å². The number of benzene rings is 1. The minimum Gasteiger partial charge on any atom is -0.493 e. The normalized spacial score (nSPS) is 16.1. The molecule has 1 aromatic carbocycles. The second-order valence-corrected chi connectivity index (χ2v) is 3.47. The van der Waals surface area contributed by atoms with Crippen molar-refractivity contribution in [2.24, 2.45) is 0 Å². The molecule has 1 aromatic rings. The predicted octanol–water partition coefficient (Wildman–Crippen LogP) is 2.77. The lowest BCUT2D eigenvalue weighted by molar-refractivity contribution is 0.116. The molecule has 0 radical (unpaired) electrons. The lowest BCUT2D eigenvalue weighted by Gasteiger charge is -2.27. The fourth-order valence-electron chi connectivity index (χ4n) is 1.41. The van der Waals surface area contributed by atoms with Crippen LogP contribution in [0.15, 0.2) is 18.2 Å². The van der Waals surface area contributed by atoms with E-state index in [0.717, 1.165) is 12.8 Å². The molecule has 0 bridgehead atoms. The number of rotatable bonds is 3. The van der Waals surface area contributed by atoms with Crippen LogP contribution in [-0.4, -0.2) is 13.2 Å². The van der Waals surface area contributed by atoms with Crippen LogP contribution in [0.25, 0.3) is 0 Å². The van der Waals surface area contributed by atoms with Gasteiger partial charge in [-0.25, -0.2) is 4.39 Å². The summed E-state index contributed by atoms with van der Waals surface area (Å²) in [5.41, 5.74) is 0. The van der Waals surface area contributed by atoms with Gasteiger partial charge in [0.05, 0.1) is 13.2 Å². The topological polar surface area (TPSA) is 18.5 Å². The fourth-order valence-corrected chi connectivity index (χ4v) is 1.41. The van der Waals surface area contributed by atoms with E-state index in [4.69, 9.17) is 9.47 Å². The third kappa shape index (κ3) is 1.81. The van der Waals surface area contributed by atoms with E-state index in [1.165, 1.54) is 25.7 Å². The molecule has 1 saturated carbocycles. The molecule has 3 heteroatoms. The van der Waals surface area contributed by atoms with Crippen LogP contribution in [0.4, 0.5) is 4.39 Å². The molecule has 1 aliphatic rings. The summed E-state index contributed by atoms with van der Waals surface area (Å²) in [4.78, 5) is 0. The summed E-state index contributed by atoms with van der Waals surface area (Å²) in [5.74, 6) is 0.804. The van der Waals surface area contributed by atoms with Crippen LogP contribution in [0, 0.1) is 5.82 Å². The van der Waals surface area contributed by atoms with E-state index in [0.29, 0.717) is 11.5 Å². The fraction of sp³-hybridized carbons (Fsp3) is 0.455. The molecule has 14 heavy (non-hydrogen) atoms. The molecule has 0 heterocycles. The monoisotopic (exact) mass is 196 g/mol. The summed E-state index contributed by atoms with van der Waals surface area (Å²) < 4.78 is 23.5. The van der Waals surface area contributed by atoms with Crippen LogP contribution in [0.1, 0.15) is 19.3 Å². The van der Waals surface area contributed by atoms with Gasteiger partial charge in [0.25, 0.3) is 0 Å². The zero-order valence-electron chi connectivity index (χ0n) is 8.13. The highest BCUT2D eigenvalue weighted by atomic mass is 19.1. The number of hydrogen-bond acceptors (Lipinski definition) is 2. The van der Waals surface area contributed by atoms with Crippen molar-refractivity contribution < 1.29 is 13.9 Å². The van der Waals surface area contributed by atoms with Crippen LogP contribution < -0.4 is 9.47 Å². The first kappa shape index (κ1) is 9.31. The van der Waals surface area contributed by atoms with E-state index in [9.17, 15) is 4.39 Å². The molecule has 0 spiro atoms. The Labute approximate surface area is 82.6 Å². The van der Waals surface area contributed by atoms with Gasteiger partial charge in [0.1, 0.15) is 5.82 Å². The molecule has 76 valence electrons. The summed E-state index contributed by atoms with van der Waals surface area (Å²) in [5, 5.41) is 0. The van der Waals surface area contributed by atoms with E-state index in [1.54, 1.807) is 6.07 Å². The molecule has 0 aromatic heterocycles. The van der Waals surface area contributed by atoms with Crippen molar-refractivity contribution in [2.45, 2.75) is 25.4 Å². The summed E-state index contributed by atoms with van der Waals surface area (Å²) >= 11 is 0. The smallest absolute Gasteiger partial charge is 0.163 e. The maximum atomic E-state index is 12.8. The molecular formula is C11H13FO2. The lowest BCUT2D eigenvalue weighted by atomic mass is 9.96. The van der Waals surface area contributed by atoms with Crippen molar-refractivity contribution in [3.8, 4) is 11.5 Å². The molecule has 0 atom stereocenters. The summed E-state index contributed by atoms with van der Waals surface area (Å²) in [6.45, 7) is 0. The second kappa shape index (κ2) is 3.86. The summed E-state index contributed by atoms with van der Waals surface area (Å²) in [6.07, 6.45) is 3.67. The largest absolute Gasteiger partial charge is 0.493 e. The Hall–Kier alpha value is -1.25. The van der Waals surface area contributed by atoms with Gasteiger partial charge in [0.2, 0.25) is 0 Å². The maximum Gasteiger partial charge on any atom is 0.163 e. The van der Waals surface area contributed by atoms with Crippen molar-refractivity contribution in [1.29, 1.82) is 0 Å². The minimum atomic E-state index is -0.303. The molecule has 0 N–H and O–H groups in total. The summed E-state index contributed by atoms with van der Waals surface area (Å²) in [7, 11) is 1.52. The van der Waals surface area contributed by atoms with Crippen molar-refractivity contribution in [2.75, 3.05) is 7.11 Å². The molecule has 0 saturated heterocycles. The SMILES string of the molecule is COc1cc(F)ccc1OC1CCC1. The first-order valence-corrected chi connectivity index (χ1v) is 4.80. The van der Waals surface area contributed by atoms with Crippen molar-refractivity contribution in [3.63, 3.8) is 0 Å². The quantitative estimate of drug-likeness (QED) is 0.740. The molecule has 2 nitrogen and oxygen atoms in total. The Morgan fingerprint density at radius 3 is 2.64 bits per heavy atom. The zero-order chi connectivity index (χ0) is 9.97. The number of halogens is 1. The Morgan fingerprint density at radius 2 is 2.07 bits per heavy atom. The van der Waals surface area contributed by atoms with Gasteiger partial charge < -0.3 is 9.47 Å². The number of ether oxygens (including phenoxy) is 2. The van der Waals surface area contributed by atoms with Gasteiger partial charge in [-0.15, -0.1) is 0 Å². The molecular weight excluding hydrogens is 183 g/mol. The van der Waals surface area contributed by atoms with Gasteiger partial charge in [-0.1, -0.05) is 0 Å². The van der Waals surface area contributed by atoms with Gasteiger partial charge in [-0.05, 0) is 31.4 Å². The molecule has 0 aliphatic heterocycles. The van der Waals surface area contributed by atoms with Gasteiger partial charge in [-0.3, -0.25) is 0 Å². The molecule has 1 aliphatic carbocycles. The van der Waals surface area contributed by atoms with Crippen LogP contribution >= 0.6 is 0 Å². The first-order valence-electron chi connectivity index (χ1n) is 4.80. The van der Waals surface area contributed by atoms with E-state index >= 15 is 0 Å². The Bertz CT molecular complexity index is 321. The van der Waals surface area contributed by atoms with Gasteiger partial charge >= 0.3 is 0 Å². The summed E-state index contributed by atoms with van der Waals surface area (Å²) in [6, 6.07) is 4.34. The van der Waals surface area contributed by atoms with Crippen molar-refractivity contribution in [3.05, 3.63) is 24.0 Å². The third-order valence-corrected chi connectivity index (χ3v) is 2.47. The second-order valence-electron chi connectivity index (χ2n) is 3.47. The highest BCUT2D eigenvalue weighted by molar-refractivity contribution is 5.40. The molecule has 0 amide bonds. The average Bonchev–Trinajstić information content (AvgIpc) is 2.13. The average molecular weight is 196 g/mol. The van der Waals surface area contributed by atoms with E-state index in [2.05, 4.69) is 0 Å². The first-order chi connectivity index (χ1) is 6.79. The van der Waals surface area contributed by atoms with Gasteiger partial charge in [-0.2, -0.15) is 0 Å². The van der Waals surface area contributed by atoms with Crippen molar-refractivity contribution in [1.82, 2.24) is 0 Å². The number of hydrogen-bond donors (Lipinski definition) is 0. The minimum absolute atomic E-state index is 0.286. The Kier molecular flexibility index (Phi) is 2.57. The maximum absolute atomic E-state index is 12.8. The molecule has 1 fully saturated rings. The lowest BCUT2D eigenvalue weighted by Crippen LogP contribution is -2.24. The van der Waals surface area contributed by atoms with Crippen molar-refractivity contribution >= 4 is 0 Å². The van der Waals surface area contributed by atoms with Gasteiger partial charge in [0.15, 0.2) is 11.5 Å². The van der Waals surface area contributed by atoms with Crippen LogP contribution in [0.2, 0.25) is 0 Å². The Balaban J connectivity index is 2.14. The third-order valence-electron chi connectivity index (χ3n) is 2.47. The van der Waals surface area contributed by atoms with Crippen LogP contribution in [0.3, 0.4) is 0 Å². The number of methoxy groups -OCH3 is 1. The zero-order valence-corrected chi connectivity index (χ0v) is 8.13. The van der Waals surface area contributed by atoms with Gasteiger partial charge in [0, 0.05) is 6.07 Å².